The van der Waals surface area contributed by atoms with Crippen LogP contribution >= 0.6 is 0 Å². The molecule has 0 radical (unpaired) electrons. The minimum atomic E-state index is -0.893. The molecule has 2 aromatic rings. The van der Waals surface area contributed by atoms with Gasteiger partial charge >= 0.3 is 0 Å². The lowest BCUT2D eigenvalue weighted by molar-refractivity contribution is -0.0992. The number of likely N-dealkylation sites (tertiary alicyclic amines) is 1. The molecule has 5 nitrogen and oxygen atoms in total. The summed E-state index contributed by atoms with van der Waals surface area (Å²) < 4.78 is 6.01. The van der Waals surface area contributed by atoms with Crippen LogP contribution in [-0.4, -0.2) is 46.8 Å². The van der Waals surface area contributed by atoms with Crippen molar-refractivity contribution in [3.63, 3.8) is 0 Å². The molecule has 0 spiro atoms. The van der Waals surface area contributed by atoms with E-state index in [1.165, 1.54) is 0 Å². The number of hydrogen-bond donors (Lipinski definition) is 2. The van der Waals surface area contributed by atoms with Gasteiger partial charge in [-0.3, -0.25) is 4.90 Å². The molecule has 2 atom stereocenters. The van der Waals surface area contributed by atoms with Crippen LogP contribution in [0, 0.1) is 0 Å². The minimum Gasteiger partial charge on any atom is -0.487 e. The van der Waals surface area contributed by atoms with Crippen LogP contribution in [0.2, 0.25) is 0 Å². The Labute approximate surface area is 143 Å². The lowest BCUT2D eigenvalue weighted by atomic mass is 9.91. The molecule has 1 aromatic carbocycles. The largest absolute Gasteiger partial charge is 0.487 e. The first-order valence-electron chi connectivity index (χ1n) is 8.36. The molecule has 1 aliphatic rings. The topological polar surface area (TPSA) is 57.6 Å². The summed E-state index contributed by atoms with van der Waals surface area (Å²) in [6, 6.07) is 13.7. The Balaban J connectivity index is 1.65. The number of para-hydroxylation sites is 1. The quantitative estimate of drug-likeness (QED) is 0.884. The molecule has 128 valence electrons. The van der Waals surface area contributed by atoms with Crippen LogP contribution in [0.15, 0.2) is 48.7 Å². The van der Waals surface area contributed by atoms with Crippen molar-refractivity contribution in [2.24, 2.45) is 0 Å². The molecule has 5 heteroatoms. The Morgan fingerprint density at radius 3 is 2.79 bits per heavy atom. The summed E-state index contributed by atoms with van der Waals surface area (Å²) >= 11 is 0. The van der Waals surface area contributed by atoms with Gasteiger partial charge < -0.3 is 15.2 Å². The van der Waals surface area contributed by atoms with Crippen molar-refractivity contribution >= 4 is 5.82 Å². The van der Waals surface area contributed by atoms with Crippen LogP contribution in [0.25, 0.3) is 0 Å². The predicted molar refractivity (Wildman–Crippen MR) is 95.2 cm³/mol. The van der Waals surface area contributed by atoms with Gasteiger partial charge in [0.25, 0.3) is 0 Å². The highest BCUT2D eigenvalue weighted by atomic mass is 16.5. The van der Waals surface area contributed by atoms with Gasteiger partial charge in [-0.2, -0.15) is 0 Å². The van der Waals surface area contributed by atoms with E-state index >= 15 is 0 Å². The number of aliphatic hydroxyl groups is 1. The lowest BCUT2D eigenvalue weighted by Crippen LogP contribution is -2.56. The molecule has 1 fully saturated rings. The summed E-state index contributed by atoms with van der Waals surface area (Å²) in [7, 11) is 1.88. The Hall–Kier alpha value is -2.11. The average Bonchev–Trinajstić information content (AvgIpc) is 2.58. The van der Waals surface area contributed by atoms with E-state index in [2.05, 4.69) is 21.3 Å². The van der Waals surface area contributed by atoms with Crippen molar-refractivity contribution in [2.75, 3.05) is 25.5 Å². The van der Waals surface area contributed by atoms with Crippen LogP contribution in [0.4, 0.5) is 5.82 Å². The third-order valence-electron chi connectivity index (χ3n) is 4.49. The first kappa shape index (κ1) is 16.7. The number of ether oxygens (including phenoxy) is 1. The van der Waals surface area contributed by atoms with E-state index in [0.717, 1.165) is 36.6 Å². The smallest absolute Gasteiger partial charge is 0.130 e. The highest BCUT2D eigenvalue weighted by Gasteiger charge is 2.39. The number of piperidine rings is 1. The van der Waals surface area contributed by atoms with E-state index in [9.17, 15) is 5.11 Å². The molecule has 3 rings (SSSR count). The van der Waals surface area contributed by atoms with Gasteiger partial charge in [0.05, 0.1) is 0 Å². The fourth-order valence-corrected chi connectivity index (χ4v) is 3.26. The minimum absolute atomic E-state index is 0.200. The molecule has 0 bridgehead atoms. The number of nitrogens with one attached hydrogen (secondary N) is 1. The van der Waals surface area contributed by atoms with Crippen molar-refractivity contribution < 1.29 is 9.84 Å². The Morgan fingerprint density at radius 2 is 2.08 bits per heavy atom. The second kappa shape index (κ2) is 7.20. The van der Waals surface area contributed by atoms with Gasteiger partial charge in [-0.1, -0.05) is 24.3 Å². The van der Waals surface area contributed by atoms with Crippen LogP contribution in [-0.2, 0) is 6.54 Å². The maximum Gasteiger partial charge on any atom is 0.130 e. The molecular weight excluding hydrogens is 302 g/mol. The van der Waals surface area contributed by atoms with E-state index in [4.69, 9.17) is 4.74 Å². The maximum absolute atomic E-state index is 10.9. The van der Waals surface area contributed by atoms with E-state index in [-0.39, 0.29) is 6.10 Å². The van der Waals surface area contributed by atoms with Gasteiger partial charge in [0, 0.05) is 38.4 Å². The zero-order valence-corrected chi connectivity index (χ0v) is 14.3. The Bertz CT molecular complexity index is 661. The van der Waals surface area contributed by atoms with E-state index in [0.29, 0.717) is 6.54 Å². The second-order valence-corrected chi connectivity index (χ2v) is 6.54. The summed E-state index contributed by atoms with van der Waals surface area (Å²) in [4.78, 5) is 6.60. The first-order valence-corrected chi connectivity index (χ1v) is 8.36. The van der Waals surface area contributed by atoms with E-state index < -0.39 is 5.60 Å². The number of nitrogens with zero attached hydrogens (tertiary/aromatic N) is 2. The van der Waals surface area contributed by atoms with Crippen LogP contribution in [0.1, 0.15) is 18.9 Å². The molecule has 1 saturated heterocycles. The number of aromatic nitrogens is 1. The molecule has 1 aliphatic heterocycles. The van der Waals surface area contributed by atoms with Gasteiger partial charge in [-0.25, -0.2) is 4.98 Å². The van der Waals surface area contributed by atoms with Crippen molar-refractivity contribution in [1.82, 2.24) is 9.88 Å². The molecule has 0 amide bonds. The van der Waals surface area contributed by atoms with Gasteiger partial charge in [0.1, 0.15) is 23.3 Å². The van der Waals surface area contributed by atoms with Crippen molar-refractivity contribution in [3.8, 4) is 5.75 Å². The fraction of sp³-hybridized carbons (Fsp3) is 0.421. The number of pyridine rings is 1. The fourth-order valence-electron chi connectivity index (χ4n) is 3.26. The second-order valence-electron chi connectivity index (χ2n) is 6.54. The predicted octanol–water partition coefficient (Wildman–Crippen LogP) is 2.53. The zero-order valence-electron chi connectivity index (χ0n) is 14.3. The number of benzene rings is 1. The number of rotatable bonds is 5. The van der Waals surface area contributed by atoms with Crippen LogP contribution in [0.3, 0.4) is 0 Å². The molecule has 2 heterocycles. The number of hydrogen-bond acceptors (Lipinski definition) is 5. The number of anilines is 1. The molecule has 0 aliphatic carbocycles. The third-order valence-corrected chi connectivity index (χ3v) is 4.49. The molecule has 0 saturated carbocycles. The SMILES string of the molecule is CNc1ncccc1CN1CC[C@H](Oc2ccccc2)[C@@](C)(O)C1. The zero-order chi connectivity index (χ0) is 17.0. The van der Waals surface area contributed by atoms with Gasteiger partial charge in [0.2, 0.25) is 0 Å². The Morgan fingerprint density at radius 1 is 1.29 bits per heavy atom. The average molecular weight is 327 g/mol. The lowest BCUT2D eigenvalue weighted by Gasteiger charge is -2.42. The molecule has 1 aromatic heterocycles. The highest BCUT2D eigenvalue weighted by Crippen LogP contribution is 2.27. The highest BCUT2D eigenvalue weighted by molar-refractivity contribution is 5.42. The monoisotopic (exact) mass is 327 g/mol. The van der Waals surface area contributed by atoms with Crippen LogP contribution < -0.4 is 10.1 Å². The van der Waals surface area contributed by atoms with E-state index in [1.54, 1.807) is 6.20 Å². The van der Waals surface area contributed by atoms with E-state index in [1.807, 2.05) is 50.4 Å². The maximum atomic E-state index is 10.9. The number of β-amino-alcohol motifs (C(OH)–C–C–N with tert-alkyl or cyclic N) is 1. The van der Waals surface area contributed by atoms with Gasteiger partial charge in [-0.05, 0) is 31.5 Å². The summed E-state index contributed by atoms with van der Waals surface area (Å²) in [5.41, 5.74) is 0.244. The van der Waals surface area contributed by atoms with Crippen molar-refractivity contribution in [2.45, 2.75) is 31.6 Å². The third kappa shape index (κ3) is 3.86. The van der Waals surface area contributed by atoms with Crippen LogP contribution in [0.5, 0.6) is 5.75 Å². The first-order chi connectivity index (χ1) is 11.6. The summed E-state index contributed by atoms with van der Waals surface area (Å²) in [5, 5.41) is 14.0. The van der Waals surface area contributed by atoms with Crippen molar-refractivity contribution in [3.05, 3.63) is 54.2 Å². The summed E-state index contributed by atoms with van der Waals surface area (Å²) in [5.74, 6) is 1.70. The molecule has 0 unspecified atom stereocenters. The standard InChI is InChI=1S/C19H25N3O2/c1-19(23)14-22(13-15-7-6-11-21-18(15)20-2)12-10-17(19)24-16-8-4-3-5-9-16/h3-9,11,17,23H,10,12-14H2,1-2H3,(H,20,21)/t17-,19-/m0/s1. The van der Waals surface area contributed by atoms with Gasteiger partial charge in [0.15, 0.2) is 0 Å². The molecule has 24 heavy (non-hydrogen) atoms. The molecule has 2 N–H and O–H groups in total. The summed E-state index contributed by atoms with van der Waals surface area (Å²) in [6.07, 6.45) is 2.37. The molecular formula is C19H25N3O2. The normalized spacial score (nSPS) is 24.5. The van der Waals surface area contributed by atoms with Gasteiger partial charge in [-0.15, -0.1) is 0 Å². The summed E-state index contributed by atoms with van der Waals surface area (Å²) in [6.45, 7) is 4.07. The Kier molecular flexibility index (Phi) is 5.02. The van der Waals surface area contributed by atoms with Crippen molar-refractivity contribution in [1.29, 1.82) is 0 Å².